The summed E-state index contributed by atoms with van der Waals surface area (Å²) in [5.74, 6) is -2.41. The molecular weight excluding hydrogens is 262 g/mol. The number of anilines is 1. The summed E-state index contributed by atoms with van der Waals surface area (Å²) in [7, 11) is 0. The molecule has 1 aliphatic heterocycles. The molecule has 1 aromatic rings. The molecule has 0 aliphatic carbocycles. The quantitative estimate of drug-likeness (QED) is 0.618. The Bertz CT molecular complexity index is 558. The molecule has 106 valence electrons. The largest absolute Gasteiger partial charge is 0.480 e. The van der Waals surface area contributed by atoms with Crippen molar-refractivity contribution in [3.8, 4) is 0 Å². The molecule has 0 spiro atoms. The van der Waals surface area contributed by atoms with E-state index in [9.17, 15) is 14.4 Å². The van der Waals surface area contributed by atoms with Crippen LogP contribution in [0.25, 0.3) is 0 Å². The second kappa shape index (κ2) is 5.70. The fourth-order valence-electron chi connectivity index (χ4n) is 2.08. The van der Waals surface area contributed by atoms with Gasteiger partial charge in [-0.05, 0) is 11.6 Å². The Morgan fingerprint density at radius 2 is 2.10 bits per heavy atom. The molecule has 2 rings (SSSR count). The van der Waals surface area contributed by atoms with Gasteiger partial charge in [-0.25, -0.2) is 0 Å². The van der Waals surface area contributed by atoms with Crippen molar-refractivity contribution in [1.82, 2.24) is 5.32 Å². The van der Waals surface area contributed by atoms with Crippen molar-refractivity contribution in [2.75, 3.05) is 18.0 Å². The molecule has 1 aromatic carbocycles. The molecule has 1 atom stereocenters. The highest BCUT2D eigenvalue weighted by atomic mass is 16.4. The highest BCUT2D eigenvalue weighted by Crippen LogP contribution is 2.22. The van der Waals surface area contributed by atoms with Crippen LogP contribution in [0.1, 0.15) is 5.56 Å². The minimum atomic E-state index is -1.11. The summed E-state index contributed by atoms with van der Waals surface area (Å²) < 4.78 is 0. The van der Waals surface area contributed by atoms with Crippen molar-refractivity contribution < 1.29 is 19.5 Å². The minimum absolute atomic E-state index is 0.0942. The van der Waals surface area contributed by atoms with Crippen LogP contribution < -0.4 is 16.0 Å². The lowest BCUT2D eigenvalue weighted by atomic mass is 10.0. The number of hydrogen-bond acceptors (Lipinski definition) is 4. The number of hydrogen-bond donors (Lipinski definition) is 3. The highest BCUT2D eigenvalue weighted by molar-refractivity contribution is 6.41. The summed E-state index contributed by atoms with van der Waals surface area (Å²) in [6.45, 7) is 0.716. The lowest BCUT2D eigenvalue weighted by Crippen LogP contribution is -2.52. The number of piperazine rings is 1. The van der Waals surface area contributed by atoms with E-state index in [1.165, 1.54) is 4.90 Å². The van der Waals surface area contributed by atoms with E-state index in [4.69, 9.17) is 10.8 Å². The van der Waals surface area contributed by atoms with E-state index in [2.05, 4.69) is 5.32 Å². The van der Waals surface area contributed by atoms with Crippen LogP contribution in [-0.4, -0.2) is 42.0 Å². The molecule has 1 aliphatic rings. The van der Waals surface area contributed by atoms with E-state index in [0.29, 0.717) is 24.3 Å². The van der Waals surface area contributed by atoms with Gasteiger partial charge in [-0.2, -0.15) is 0 Å². The topological polar surface area (TPSA) is 113 Å². The van der Waals surface area contributed by atoms with Gasteiger partial charge in [-0.3, -0.25) is 14.4 Å². The van der Waals surface area contributed by atoms with Crippen molar-refractivity contribution in [1.29, 1.82) is 0 Å². The van der Waals surface area contributed by atoms with Crippen LogP contribution in [0.2, 0.25) is 0 Å². The first-order chi connectivity index (χ1) is 9.50. The van der Waals surface area contributed by atoms with Crippen LogP contribution in [0, 0.1) is 0 Å². The first-order valence-corrected chi connectivity index (χ1v) is 6.16. The number of para-hydroxylation sites is 1. The number of nitrogens with one attached hydrogen (secondary N) is 1. The van der Waals surface area contributed by atoms with Gasteiger partial charge in [0.25, 0.3) is 0 Å². The van der Waals surface area contributed by atoms with Crippen molar-refractivity contribution in [3.63, 3.8) is 0 Å². The zero-order chi connectivity index (χ0) is 14.7. The molecule has 1 fully saturated rings. The molecule has 0 saturated carbocycles. The molecule has 4 N–H and O–H groups in total. The Kier molecular flexibility index (Phi) is 3.99. The van der Waals surface area contributed by atoms with Crippen LogP contribution in [0.4, 0.5) is 5.69 Å². The van der Waals surface area contributed by atoms with Gasteiger partial charge < -0.3 is 21.1 Å². The fourth-order valence-corrected chi connectivity index (χ4v) is 2.08. The standard InChI is InChI=1S/C13H15N3O4/c14-9(13(19)20)7-8-3-1-2-4-10(8)16-6-5-15-11(17)12(16)18/h1-4,9H,5-7,14H2,(H,15,17)(H,19,20). The summed E-state index contributed by atoms with van der Waals surface area (Å²) >= 11 is 0. The van der Waals surface area contributed by atoms with Gasteiger partial charge in [0.2, 0.25) is 0 Å². The van der Waals surface area contributed by atoms with Gasteiger partial charge in [-0.1, -0.05) is 18.2 Å². The second-order valence-corrected chi connectivity index (χ2v) is 4.49. The Morgan fingerprint density at radius 3 is 2.80 bits per heavy atom. The molecule has 1 unspecified atom stereocenters. The normalized spacial score (nSPS) is 16.8. The number of amides is 2. The fraction of sp³-hybridized carbons (Fsp3) is 0.308. The lowest BCUT2D eigenvalue weighted by molar-refractivity contribution is -0.138. The van der Waals surface area contributed by atoms with Gasteiger partial charge in [0.1, 0.15) is 6.04 Å². The Balaban J connectivity index is 2.29. The number of carbonyl (C=O) groups excluding carboxylic acids is 2. The first kappa shape index (κ1) is 14.0. The summed E-state index contributed by atoms with van der Waals surface area (Å²) in [6, 6.07) is 5.80. The Labute approximate surface area is 115 Å². The van der Waals surface area contributed by atoms with Crippen molar-refractivity contribution >= 4 is 23.5 Å². The van der Waals surface area contributed by atoms with Crippen LogP contribution in [0.5, 0.6) is 0 Å². The maximum Gasteiger partial charge on any atom is 0.320 e. The monoisotopic (exact) mass is 277 g/mol. The summed E-state index contributed by atoms with van der Waals surface area (Å²) in [6.07, 6.45) is 0.0942. The molecule has 7 nitrogen and oxygen atoms in total. The maximum atomic E-state index is 11.9. The highest BCUT2D eigenvalue weighted by Gasteiger charge is 2.29. The first-order valence-electron chi connectivity index (χ1n) is 6.16. The number of rotatable bonds is 4. The predicted molar refractivity (Wildman–Crippen MR) is 71.1 cm³/mol. The molecule has 2 amide bonds. The maximum absolute atomic E-state index is 11.9. The smallest absolute Gasteiger partial charge is 0.320 e. The average Bonchev–Trinajstić information content (AvgIpc) is 2.42. The second-order valence-electron chi connectivity index (χ2n) is 4.49. The van der Waals surface area contributed by atoms with Crippen LogP contribution >= 0.6 is 0 Å². The Morgan fingerprint density at radius 1 is 1.40 bits per heavy atom. The van der Waals surface area contributed by atoms with Gasteiger partial charge in [0.15, 0.2) is 0 Å². The summed E-state index contributed by atoms with van der Waals surface area (Å²) in [5, 5.41) is 11.3. The predicted octanol–water partition coefficient (Wildman–Crippen LogP) is -0.896. The molecule has 0 bridgehead atoms. The third-order valence-corrected chi connectivity index (χ3v) is 3.10. The van der Waals surface area contributed by atoms with Crippen LogP contribution in [-0.2, 0) is 20.8 Å². The lowest BCUT2D eigenvalue weighted by Gasteiger charge is -2.28. The van der Waals surface area contributed by atoms with Crippen LogP contribution in [0.3, 0.4) is 0 Å². The number of benzene rings is 1. The van der Waals surface area contributed by atoms with Crippen molar-refractivity contribution in [3.05, 3.63) is 29.8 Å². The number of nitrogens with zero attached hydrogens (tertiary/aromatic N) is 1. The van der Waals surface area contributed by atoms with Gasteiger partial charge in [-0.15, -0.1) is 0 Å². The SMILES string of the molecule is NC(Cc1ccccc1N1CCNC(=O)C1=O)C(=O)O. The minimum Gasteiger partial charge on any atom is -0.480 e. The van der Waals surface area contributed by atoms with Crippen molar-refractivity contribution in [2.45, 2.75) is 12.5 Å². The van der Waals surface area contributed by atoms with Crippen LogP contribution in [0.15, 0.2) is 24.3 Å². The molecule has 7 heteroatoms. The van der Waals surface area contributed by atoms with Gasteiger partial charge in [0, 0.05) is 25.2 Å². The number of aliphatic carboxylic acids is 1. The zero-order valence-corrected chi connectivity index (χ0v) is 10.7. The zero-order valence-electron chi connectivity index (χ0n) is 10.7. The van der Waals surface area contributed by atoms with E-state index in [-0.39, 0.29) is 6.42 Å². The third kappa shape index (κ3) is 2.77. The summed E-state index contributed by atoms with van der Waals surface area (Å²) in [4.78, 5) is 35.5. The number of carbonyl (C=O) groups is 3. The van der Waals surface area contributed by atoms with E-state index in [1.807, 2.05) is 0 Å². The average molecular weight is 277 g/mol. The molecule has 1 saturated heterocycles. The van der Waals surface area contributed by atoms with E-state index in [1.54, 1.807) is 24.3 Å². The van der Waals surface area contributed by atoms with Gasteiger partial charge >= 0.3 is 17.8 Å². The summed E-state index contributed by atoms with van der Waals surface area (Å²) in [5.41, 5.74) is 6.69. The van der Waals surface area contributed by atoms with E-state index >= 15 is 0 Å². The molecule has 20 heavy (non-hydrogen) atoms. The van der Waals surface area contributed by atoms with Crippen molar-refractivity contribution in [2.24, 2.45) is 5.73 Å². The Hall–Kier alpha value is -2.41. The molecule has 0 aromatic heterocycles. The third-order valence-electron chi connectivity index (χ3n) is 3.10. The van der Waals surface area contributed by atoms with E-state index < -0.39 is 23.8 Å². The number of nitrogens with two attached hydrogens (primary N) is 1. The number of carboxylic acids is 1. The van der Waals surface area contributed by atoms with Gasteiger partial charge in [0.05, 0.1) is 0 Å². The molecule has 0 radical (unpaired) electrons. The molecule has 1 heterocycles. The molecular formula is C13H15N3O4. The number of carboxylic acid groups (broad SMARTS) is 1. The van der Waals surface area contributed by atoms with E-state index in [0.717, 1.165) is 0 Å².